The van der Waals surface area contributed by atoms with Crippen molar-refractivity contribution in [1.82, 2.24) is 5.48 Å². The van der Waals surface area contributed by atoms with Crippen LogP contribution in [0.4, 0.5) is 0 Å². The first-order valence-electron chi connectivity index (χ1n) is 6.28. The molecule has 0 saturated carbocycles. The van der Waals surface area contributed by atoms with E-state index in [9.17, 15) is 0 Å². The number of nitrogens with one attached hydrogen (secondary N) is 1. The summed E-state index contributed by atoms with van der Waals surface area (Å²) in [7, 11) is 0. The molecular formula is C16H19NO. The lowest BCUT2D eigenvalue weighted by Crippen LogP contribution is -2.18. The summed E-state index contributed by atoms with van der Waals surface area (Å²) in [5.41, 5.74) is 6.66. The molecule has 0 spiro atoms. The molecule has 0 amide bonds. The molecule has 2 heteroatoms. The van der Waals surface area contributed by atoms with Crippen LogP contribution in [0.2, 0.25) is 0 Å². The molecule has 1 N–H and O–H groups in total. The highest BCUT2D eigenvalue weighted by molar-refractivity contribution is 5.63. The monoisotopic (exact) mass is 241 g/mol. The maximum Gasteiger partial charge on any atom is 0.0734 e. The van der Waals surface area contributed by atoms with Gasteiger partial charge in [0.15, 0.2) is 0 Å². The fourth-order valence-corrected chi connectivity index (χ4v) is 1.74. The molecule has 94 valence electrons. The molecule has 0 aliphatic heterocycles. The maximum absolute atomic E-state index is 5.31. The molecular weight excluding hydrogens is 222 g/mol. The molecule has 0 atom stereocenters. The molecule has 0 unspecified atom stereocenters. The van der Waals surface area contributed by atoms with Gasteiger partial charge in [0.2, 0.25) is 0 Å². The van der Waals surface area contributed by atoms with Gasteiger partial charge in [-0.05, 0) is 30.5 Å². The Morgan fingerprint density at radius 3 is 2.11 bits per heavy atom. The van der Waals surface area contributed by atoms with Gasteiger partial charge in [-0.2, -0.15) is 5.48 Å². The van der Waals surface area contributed by atoms with E-state index >= 15 is 0 Å². The molecule has 0 aliphatic carbocycles. The third-order valence-corrected chi connectivity index (χ3v) is 2.66. The third-order valence-electron chi connectivity index (χ3n) is 2.66. The average Bonchev–Trinajstić information content (AvgIpc) is 2.40. The zero-order valence-corrected chi connectivity index (χ0v) is 10.9. The minimum atomic E-state index is 0.202. The summed E-state index contributed by atoms with van der Waals surface area (Å²) in [5, 5.41) is 0. The van der Waals surface area contributed by atoms with Gasteiger partial charge in [0, 0.05) is 6.54 Å². The largest absolute Gasteiger partial charge is 0.299 e. The molecule has 2 nitrogen and oxygen atoms in total. The second-order valence-corrected chi connectivity index (χ2v) is 4.55. The number of hydrogen-bond acceptors (Lipinski definition) is 2. The lowest BCUT2D eigenvalue weighted by atomic mass is 10.0. The topological polar surface area (TPSA) is 21.3 Å². The minimum absolute atomic E-state index is 0.202. The molecule has 0 heterocycles. The molecule has 0 aromatic heterocycles. The van der Waals surface area contributed by atoms with Crippen molar-refractivity contribution in [1.29, 1.82) is 0 Å². The van der Waals surface area contributed by atoms with Crippen molar-refractivity contribution in [3.05, 3.63) is 60.2 Å². The lowest BCUT2D eigenvalue weighted by Gasteiger charge is -2.09. The van der Waals surface area contributed by atoms with Crippen molar-refractivity contribution in [3.8, 4) is 11.1 Å². The fraction of sp³-hybridized carbons (Fsp3) is 0.250. The summed E-state index contributed by atoms with van der Waals surface area (Å²) in [5.74, 6) is 0. The molecule has 2 aromatic rings. The summed E-state index contributed by atoms with van der Waals surface area (Å²) < 4.78 is 0. The molecule has 18 heavy (non-hydrogen) atoms. The van der Waals surface area contributed by atoms with E-state index < -0.39 is 0 Å². The standard InChI is InChI=1S/C16H19NO/c1-13(2)18-17-12-14-8-10-16(11-9-14)15-6-4-3-5-7-15/h3-11,13,17H,12H2,1-2H3. The van der Waals surface area contributed by atoms with Gasteiger partial charge in [-0.15, -0.1) is 0 Å². The Morgan fingerprint density at radius 1 is 0.889 bits per heavy atom. The third kappa shape index (κ3) is 3.69. The van der Waals surface area contributed by atoms with Crippen LogP contribution in [0, 0.1) is 0 Å². The van der Waals surface area contributed by atoms with Gasteiger partial charge in [-0.25, -0.2) is 0 Å². The van der Waals surface area contributed by atoms with Crippen LogP contribution in [0.5, 0.6) is 0 Å². The minimum Gasteiger partial charge on any atom is -0.299 e. The van der Waals surface area contributed by atoms with Crippen molar-refractivity contribution >= 4 is 0 Å². The normalized spacial score (nSPS) is 10.8. The Balaban J connectivity index is 1.98. The predicted octanol–water partition coefficient (Wildman–Crippen LogP) is 3.78. The van der Waals surface area contributed by atoms with E-state index in [4.69, 9.17) is 4.84 Å². The molecule has 0 fully saturated rings. The van der Waals surface area contributed by atoms with Crippen LogP contribution in [0.25, 0.3) is 11.1 Å². The summed E-state index contributed by atoms with van der Waals surface area (Å²) in [6.07, 6.45) is 0.202. The first kappa shape index (κ1) is 12.8. The van der Waals surface area contributed by atoms with Crippen LogP contribution in [0.15, 0.2) is 54.6 Å². The molecule has 0 radical (unpaired) electrons. The fourth-order valence-electron chi connectivity index (χ4n) is 1.74. The summed E-state index contributed by atoms with van der Waals surface area (Å²) in [6, 6.07) is 18.9. The van der Waals surface area contributed by atoms with Gasteiger partial charge in [0.25, 0.3) is 0 Å². The quantitative estimate of drug-likeness (QED) is 0.804. The van der Waals surface area contributed by atoms with Crippen molar-refractivity contribution in [2.24, 2.45) is 0 Å². The van der Waals surface area contributed by atoms with Crippen molar-refractivity contribution < 1.29 is 4.84 Å². The van der Waals surface area contributed by atoms with Crippen LogP contribution in [0.1, 0.15) is 19.4 Å². The first-order valence-corrected chi connectivity index (χ1v) is 6.28. The SMILES string of the molecule is CC(C)ONCc1ccc(-c2ccccc2)cc1. The molecule has 0 saturated heterocycles. The van der Waals surface area contributed by atoms with E-state index in [2.05, 4.69) is 54.0 Å². The van der Waals surface area contributed by atoms with Crippen molar-refractivity contribution in [2.75, 3.05) is 0 Å². The zero-order chi connectivity index (χ0) is 12.8. The molecule has 2 aromatic carbocycles. The highest BCUT2D eigenvalue weighted by atomic mass is 16.7. The predicted molar refractivity (Wildman–Crippen MR) is 74.9 cm³/mol. The van der Waals surface area contributed by atoms with Crippen LogP contribution >= 0.6 is 0 Å². The Labute approximate surface area is 109 Å². The van der Waals surface area contributed by atoms with Gasteiger partial charge >= 0.3 is 0 Å². The zero-order valence-electron chi connectivity index (χ0n) is 10.9. The Morgan fingerprint density at radius 2 is 1.50 bits per heavy atom. The number of benzene rings is 2. The molecule has 0 aliphatic rings. The van der Waals surface area contributed by atoms with E-state index in [0.29, 0.717) is 0 Å². The van der Waals surface area contributed by atoms with Gasteiger partial charge in [0.1, 0.15) is 0 Å². The van der Waals surface area contributed by atoms with Gasteiger partial charge in [-0.1, -0.05) is 54.6 Å². The number of hydroxylamine groups is 1. The van der Waals surface area contributed by atoms with Crippen molar-refractivity contribution in [3.63, 3.8) is 0 Å². The summed E-state index contributed by atoms with van der Waals surface area (Å²) in [4.78, 5) is 5.31. The van der Waals surface area contributed by atoms with E-state index in [1.807, 2.05) is 19.9 Å². The van der Waals surface area contributed by atoms with Crippen LogP contribution in [0.3, 0.4) is 0 Å². The highest BCUT2D eigenvalue weighted by Crippen LogP contribution is 2.19. The second kappa shape index (κ2) is 6.34. The van der Waals surface area contributed by atoms with Crippen LogP contribution < -0.4 is 5.48 Å². The highest BCUT2D eigenvalue weighted by Gasteiger charge is 1.98. The number of rotatable bonds is 5. The molecule has 0 bridgehead atoms. The summed E-state index contributed by atoms with van der Waals surface area (Å²) >= 11 is 0. The average molecular weight is 241 g/mol. The van der Waals surface area contributed by atoms with Gasteiger partial charge < -0.3 is 0 Å². The van der Waals surface area contributed by atoms with Crippen LogP contribution in [-0.4, -0.2) is 6.10 Å². The Hall–Kier alpha value is -1.64. The Bertz CT molecular complexity index is 462. The van der Waals surface area contributed by atoms with Gasteiger partial charge in [0.05, 0.1) is 6.10 Å². The molecule has 2 rings (SSSR count). The Kier molecular flexibility index (Phi) is 4.51. The van der Waals surface area contributed by atoms with Gasteiger partial charge in [-0.3, -0.25) is 4.84 Å². The van der Waals surface area contributed by atoms with E-state index in [0.717, 1.165) is 6.54 Å². The smallest absolute Gasteiger partial charge is 0.0734 e. The van der Waals surface area contributed by atoms with E-state index in [1.165, 1.54) is 16.7 Å². The summed E-state index contributed by atoms with van der Waals surface area (Å²) in [6.45, 7) is 4.74. The maximum atomic E-state index is 5.31. The lowest BCUT2D eigenvalue weighted by molar-refractivity contribution is -0.00883. The number of hydrogen-bond donors (Lipinski definition) is 1. The van der Waals surface area contributed by atoms with E-state index in [-0.39, 0.29) is 6.10 Å². The van der Waals surface area contributed by atoms with E-state index in [1.54, 1.807) is 0 Å². The van der Waals surface area contributed by atoms with Crippen molar-refractivity contribution in [2.45, 2.75) is 26.5 Å². The first-order chi connectivity index (χ1) is 8.75. The van der Waals surface area contributed by atoms with Crippen LogP contribution in [-0.2, 0) is 11.4 Å². The second-order valence-electron chi connectivity index (χ2n) is 4.55.